The van der Waals surface area contributed by atoms with E-state index < -0.39 is 0 Å². The van der Waals surface area contributed by atoms with Crippen molar-refractivity contribution >= 4 is 34.3 Å². The van der Waals surface area contributed by atoms with E-state index in [1.165, 1.54) is 11.3 Å². The summed E-state index contributed by atoms with van der Waals surface area (Å²) in [6, 6.07) is 1.86. The number of aromatic nitrogens is 2. The predicted octanol–water partition coefficient (Wildman–Crippen LogP) is 3.69. The van der Waals surface area contributed by atoms with Crippen LogP contribution in [0.2, 0.25) is 0 Å². The molecule has 1 fully saturated rings. The number of carbonyl (C=O) groups excluding carboxylic acids is 1. The van der Waals surface area contributed by atoms with Gasteiger partial charge in [0.15, 0.2) is 11.9 Å². The molecule has 7 heteroatoms. The van der Waals surface area contributed by atoms with Gasteiger partial charge in [-0.1, -0.05) is 5.16 Å². The quantitative estimate of drug-likeness (QED) is 0.666. The van der Waals surface area contributed by atoms with Crippen molar-refractivity contribution in [2.24, 2.45) is 0 Å². The molecule has 0 spiro atoms. The molecule has 0 bridgehead atoms. The zero-order chi connectivity index (χ0) is 17.6. The van der Waals surface area contributed by atoms with E-state index in [-0.39, 0.29) is 12.2 Å². The molecule has 3 aromatic rings. The van der Waals surface area contributed by atoms with Crippen LogP contribution in [0.5, 0.6) is 0 Å². The number of aryl methyl sites for hydroxylation is 1. The summed E-state index contributed by atoms with van der Waals surface area (Å²) in [5.41, 5.74) is 3.87. The van der Waals surface area contributed by atoms with E-state index in [1.807, 2.05) is 32.2 Å². The first kappa shape index (κ1) is 16.2. The minimum Gasteiger partial charge on any atom is -0.372 e. The Balaban J connectivity index is 1.88. The number of anilines is 1. The number of benzene rings is 1. The van der Waals surface area contributed by atoms with Crippen LogP contribution in [-0.2, 0) is 4.74 Å². The van der Waals surface area contributed by atoms with E-state index in [9.17, 15) is 4.79 Å². The molecule has 0 unspecified atom stereocenters. The van der Waals surface area contributed by atoms with Crippen molar-refractivity contribution in [3.05, 3.63) is 28.8 Å². The molecule has 2 atom stereocenters. The first-order valence-corrected chi connectivity index (χ1v) is 9.15. The zero-order valence-corrected chi connectivity index (χ0v) is 15.2. The van der Waals surface area contributed by atoms with Crippen LogP contribution in [-0.4, -0.2) is 41.7 Å². The number of morpholine rings is 1. The van der Waals surface area contributed by atoms with Crippen molar-refractivity contribution in [2.75, 3.05) is 18.0 Å². The summed E-state index contributed by atoms with van der Waals surface area (Å²) >= 11 is 1.50. The SMILES string of the molecule is Cc1c(N2C[C@@H](C)O[C@@H](C)C2)c(C=O)cc2c(-c3nccs3)noc12. The van der Waals surface area contributed by atoms with Gasteiger partial charge in [0.1, 0.15) is 10.7 Å². The number of hydrogen-bond acceptors (Lipinski definition) is 7. The molecule has 130 valence electrons. The third kappa shape index (κ3) is 2.73. The highest BCUT2D eigenvalue weighted by atomic mass is 32.1. The first-order chi connectivity index (χ1) is 12.1. The van der Waals surface area contributed by atoms with Gasteiger partial charge >= 0.3 is 0 Å². The molecular formula is C18H19N3O3S. The van der Waals surface area contributed by atoms with Crippen LogP contribution in [0.4, 0.5) is 5.69 Å². The van der Waals surface area contributed by atoms with Gasteiger partial charge in [0, 0.05) is 35.8 Å². The lowest BCUT2D eigenvalue weighted by Crippen LogP contribution is -2.46. The Labute approximate surface area is 149 Å². The van der Waals surface area contributed by atoms with Gasteiger partial charge in [-0.25, -0.2) is 4.98 Å². The first-order valence-electron chi connectivity index (χ1n) is 8.27. The molecule has 0 saturated carbocycles. The van der Waals surface area contributed by atoms with Crippen molar-refractivity contribution in [3.63, 3.8) is 0 Å². The Morgan fingerprint density at radius 3 is 2.72 bits per heavy atom. The molecule has 2 aromatic heterocycles. The van der Waals surface area contributed by atoms with Crippen molar-refractivity contribution in [1.82, 2.24) is 10.1 Å². The van der Waals surface area contributed by atoms with E-state index in [2.05, 4.69) is 15.0 Å². The van der Waals surface area contributed by atoms with Crippen LogP contribution in [0.15, 0.2) is 22.2 Å². The van der Waals surface area contributed by atoms with Crippen LogP contribution in [0.1, 0.15) is 29.8 Å². The van der Waals surface area contributed by atoms with Gasteiger partial charge in [0.05, 0.1) is 23.3 Å². The maximum atomic E-state index is 11.8. The Morgan fingerprint density at radius 1 is 1.32 bits per heavy atom. The highest BCUT2D eigenvalue weighted by molar-refractivity contribution is 7.13. The lowest BCUT2D eigenvalue weighted by atomic mass is 10.0. The number of thiazole rings is 1. The molecule has 0 N–H and O–H groups in total. The minimum absolute atomic E-state index is 0.110. The molecule has 1 aromatic carbocycles. The number of rotatable bonds is 3. The third-order valence-corrected chi connectivity index (χ3v) is 5.27. The molecule has 25 heavy (non-hydrogen) atoms. The smallest absolute Gasteiger partial charge is 0.172 e. The summed E-state index contributed by atoms with van der Waals surface area (Å²) in [6.45, 7) is 7.56. The van der Waals surface area contributed by atoms with Crippen LogP contribution >= 0.6 is 11.3 Å². The number of aldehydes is 1. The van der Waals surface area contributed by atoms with E-state index >= 15 is 0 Å². The standard InChI is InChI=1S/C18H19N3O3S/c1-10-7-21(8-11(2)23-10)16-12(3)17-14(6-13(16)9-22)15(20-24-17)18-19-4-5-25-18/h4-6,9-11H,7-8H2,1-3H3/t10-,11+. The summed E-state index contributed by atoms with van der Waals surface area (Å²) < 4.78 is 11.5. The average molecular weight is 357 g/mol. The lowest BCUT2D eigenvalue weighted by molar-refractivity contribution is -0.00528. The van der Waals surface area contributed by atoms with Gasteiger partial charge in [-0.3, -0.25) is 4.79 Å². The normalized spacial score (nSPS) is 21.0. The summed E-state index contributed by atoms with van der Waals surface area (Å²) in [5.74, 6) is 0. The van der Waals surface area contributed by atoms with Crippen LogP contribution in [0, 0.1) is 6.92 Å². The Bertz CT molecular complexity index is 909. The zero-order valence-electron chi connectivity index (χ0n) is 14.4. The lowest BCUT2D eigenvalue weighted by Gasteiger charge is -2.38. The van der Waals surface area contributed by atoms with Crippen LogP contribution in [0.3, 0.4) is 0 Å². The van der Waals surface area contributed by atoms with Gasteiger partial charge < -0.3 is 14.2 Å². The average Bonchev–Trinajstić information content (AvgIpc) is 3.22. The maximum absolute atomic E-state index is 11.8. The Hall–Kier alpha value is -2.25. The van der Waals surface area contributed by atoms with Crippen molar-refractivity contribution < 1.29 is 14.1 Å². The van der Waals surface area contributed by atoms with E-state index in [0.29, 0.717) is 16.8 Å². The molecule has 3 heterocycles. The van der Waals surface area contributed by atoms with Gasteiger partial charge in [0.25, 0.3) is 0 Å². The number of fused-ring (bicyclic) bond motifs is 1. The largest absolute Gasteiger partial charge is 0.372 e. The highest BCUT2D eigenvalue weighted by Crippen LogP contribution is 2.38. The predicted molar refractivity (Wildman–Crippen MR) is 97.5 cm³/mol. The summed E-state index contributed by atoms with van der Waals surface area (Å²) in [4.78, 5) is 18.3. The van der Waals surface area contributed by atoms with E-state index in [4.69, 9.17) is 9.26 Å². The monoisotopic (exact) mass is 357 g/mol. The van der Waals surface area contributed by atoms with Gasteiger partial charge in [-0.15, -0.1) is 11.3 Å². The molecule has 1 aliphatic heterocycles. The topological polar surface area (TPSA) is 68.5 Å². The molecule has 4 rings (SSSR count). The maximum Gasteiger partial charge on any atom is 0.172 e. The molecule has 0 amide bonds. The van der Waals surface area contributed by atoms with Gasteiger partial charge in [-0.05, 0) is 26.8 Å². The number of hydrogen-bond donors (Lipinski definition) is 0. The number of ether oxygens (including phenoxy) is 1. The van der Waals surface area contributed by atoms with Crippen LogP contribution in [0.25, 0.3) is 21.7 Å². The van der Waals surface area contributed by atoms with Crippen molar-refractivity contribution in [2.45, 2.75) is 33.0 Å². The highest BCUT2D eigenvalue weighted by Gasteiger charge is 2.27. The van der Waals surface area contributed by atoms with Crippen LogP contribution < -0.4 is 4.90 Å². The fraction of sp³-hybridized carbons (Fsp3) is 0.389. The van der Waals surface area contributed by atoms with Crippen molar-refractivity contribution in [3.8, 4) is 10.7 Å². The molecule has 0 radical (unpaired) electrons. The van der Waals surface area contributed by atoms with E-state index in [1.54, 1.807) is 6.20 Å². The molecule has 6 nitrogen and oxygen atoms in total. The molecule has 0 aliphatic carbocycles. The number of nitrogens with zero attached hydrogens (tertiary/aromatic N) is 3. The van der Waals surface area contributed by atoms with Crippen molar-refractivity contribution in [1.29, 1.82) is 0 Å². The Kier molecular flexibility index (Phi) is 4.05. The van der Waals surface area contributed by atoms with E-state index in [0.717, 1.165) is 41.0 Å². The minimum atomic E-state index is 0.110. The summed E-state index contributed by atoms with van der Waals surface area (Å²) in [5, 5.41) is 7.72. The second-order valence-electron chi connectivity index (χ2n) is 6.46. The fourth-order valence-electron chi connectivity index (χ4n) is 3.61. The fourth-order valence-corrected chi connectivity index (χ4v) is 4.25. The molecular weight excluding hydrogens is 338 g/mol. The summed E-state index contributed by atoms with van der Waals surface area (Å²) in [7, 11) is 0. The second-order valence-corrected chi connectivity index (χ2v) is 7.36. The molecule has 1 saturated heterocycles. The van der Waals surface area contributed by atoms with Gasteiger partial charge in [-0.2, -0.15) is 0 Å². The Morgan fingerprint density at radius 2 is 2.08 bits per heavy atom. The summed E-state index contributed by atoms with van der Waals surface area (Å²) in [6.07, 6.45) is 2.86. The van der Waals surface area contributed by atoms with Gasteiger partial charge in [0.2, 0.25) is 0 Å². The second kappa shape index (κ2) is 6.24. The number of carbonyl (C=O) groups is 1. The molecule has 1 aliphatic rings. The third-order valence-electron chi connectivity index (χ3n) is 4.49.